The SMILES string of the molecule is CC(C)[SiH](c1ccc(-c2ccccn2)nc1)C(C)C.CC(C)[SiH](c1ccc(-c2ccccn2)nc1)C(C)C.[Ru]. The van der Waals surface area contributed by atoms with Crippen molar-refractivity contribution in [2.75, 3.05) is 0 Å². The van der Waals surface area contributed by atoms with Crippen LogP contribution in [-0.2, 0) is 19.5 Å². The molecule has 4 aromatic rings. The van der Waals surface area contributed by atoms with E-state index in [4.69, 9.17) is 0 Å². The first-order chi connectivity index (χ1) is 18.2. The van der Waals surface area contributed by atoms with Gasteiger partial charge in [0.1, 0.15) is 0 Å². The molecule has 39 heavy (non-hydrogen) atoms. The van der Waals surface area contributed by atoms with Crippen LogP contribution in [0.1, 0.15) is 55.4 Å². The zero-order valence-corrected chi connectivity index (χ0v) is 28.7. The Labute approximate surface area is 252 Å². The minimum absolute atomic E-state index is 0. The van der Waals surface area contributed by atoms with Crippen molar-refractivity contribution < 1.29 is 19.5 Å². The number of rotatable bonds is 8. The molecule has 0 aliphatic rings. The molecule has 0 radical (unpaired) electrons. The van der Waals surface area contributed by atoms with Crippen LogP contribution in [-0.4, -0.2) is 37.5 Å². The Bertz CT molecular complexity index is 1100. The predicted octanol–water partition coefficient (Wildman–Crippen LogP) is 6.79. The Hall–Kier alpha value is -2.34. The molecule has 0 fully saturated rings. The van der Waals surface area contributed by atoms with Gasteiger partial charge in [-0.2, -0.15) is 0 Å². The number of aromatic nitrogens is 4. The van der Waals surface area contributed by atoms with Crippen molar-refractivity contribution in [1.29, 1.82) is 0 Å². The molecule has 0 aliphatic carbocycles. The van der Waals surface area contributed by atoms with Crippen LogP contribution in [0.25, 0.3) is 22.8 Å². The molecule has 0 spiro atoms. The number of hydrogen-bond donors (Lipinski definition) is 0. The number of pyridine rings is 4. The molecule has 0 N–H and O–H groups in total. The fourth-order valence-corrected chi connectivity index (χ4v) is 12.9. The van der Waals surface area contributed by atoms with Gasteiger partial charge in [-0.05, 0) is 68.9 Å². The summed E-state index contributed by atoms with van der Waals surface area (Å²) < 4.78 is 0. The van der Waals surface area contributed by atoms with Gasteiger partial charge in [0, 0.05) is 44.3 Å². The van der Waals surface area contributed by atoms with E-state index in [9.17, 15) is 0 Å². The van der Waals surface area contributed by atoms with Crippen molar-refractivity contribution in [2.45, 2.75) is 77.6 Å². The average Bonchev–Trinajstić information content (AvgIpc) is 2.90. The van der Waals surface area contributed by atoms with Crippen LogP contribution in [0.4, 0.5) is 0 Å². The molecule has 0 aliphatic heterocycles. The van der Waals surface area contributed by atoms with Gasteiger partial charge in [0.15, 0.2) is 0 Å². The van der Waals surface area contributed by atoms with Gasteiger partial charge in [0.2, 0.25) is 0 Å². The summed E-state index contributed by atoms with van der Waals surface area (Å²) in [5, 5.41) is 2.93. The molecule has 0 saturated heterocycles. The van der Waals surface area contributed by atoms with E-state index in [1.165, 1.54) is 10.4 Å². The van der Waals surface area contributed by atoms with Crippen molar-refractivity contribution in [1.82, 2.24) is 19.9 Å². The molecule has 4 nitrogen and oxygen atoms in total. The Morgan fingerprint density at radius 3 is 1.00 bits per heavy atom. The normalized spacial score (nSPS) is 11.2. The second-order valence-corrected chi connectivity index (χ2v) is 20.2. The maximum Gasteiger partial charge on any atom is 0.0886 e. The summed E-state index contributed by atoms with van der Waals surface area (Å²) in [6, 6.07) is 20.6. The van der Waals surface area contributed by atoms with E-state index in [0.29, 0.717) is 0 Å². The van der Waals surface area contributed by atoms with E-state index < -0.39 is 17.6 Å². The van der Waals surface area contributed by atoms with Crippen LogP contribution in [0.5, 0.6) is 0 Å². The zero-order valence-electron chi connectivity index (χ0n) is 24.7. The summed E-state index contributed by atoms with van der Waals surface area (Å²) in [4.78, 5) is 17.9. The summed E-state index contributed by atoms with van der Waals surface area (Å²) in [5.74, 6) is 0. The first kappa shape index (κ1) is 32.9. The van der Waals surface area contributed by atoms with E-state index in [1.54, 1.807) is 0 Å². The monoisotopic (exact) mass is 642 g/mol. The fourth-order valence-electron chi connectivity index (χ4n) is 5.62. The molecular weight excluding hydrogens is 598 g/mol. The molecule has 0 amide bonds. The molecule has 7 heteroatoms. The third-order valence-corrected chi connectivity index (χ3v) is 15.0. The van der Waals surface area contributed by atoms with Crippen molar-refractivity contribution in [3.8, 4) is 22.8 Å². The van der Waals surface area contributed by atoms with Gasteiger partial charge in [-0.15, -0.1) is 0 Å². The Morgan fingerprint density at radius 1 is 0.436 bits per heavy atom. The van der Waals surface area contributed by atoms with Crippen LogP contribution in [0.3, 0.4) is 0 Å². The molecule has 0 bridgehead atoms. The summed E-state index contributed by atoms with van der Waals surface area (Å²) >= 11 is 0. The standard InChI is InChI=1S/2C16H22N2Si.Ru/c2*1-12(2)19(13(3)4)14-8-9-16(18-11-14)15-7-5-6-10-17-15;/h2*5-13,19H,1-4H3;. The Balaban J connectivity index is 0.000000267. The van der Waals surface area contributed by atoms with Crippen molar-refractivity contribution in [2.24, 2.45) is 0 Å². The third kappa shape index (κ3) is 9.37. The van der Waals surface area contributed by atoms with E-state index in [1.807, 2.05) is 48.8 Å². The molecule has 4 aromatic heterocycles. The van der Waals surface area contributed by atoms with E-state index in [0.717, 1.165) is 44.9 Å². The molecule has 0 aromatic carbocycles. The molecule has 4 heterocycles. The third-order valence-electron chi connectivity index (χ3n) is 7.07. The maximum absolute atomic E-state index is 4.61. The van der Waals surface area contributed by atoms with Crippen LogP contribution in [0.15, 0.2) is 85.5 Å². The second-order valence-electron chi connectivity index (χ2n) is 11.4. The van der Waals surface area contributed by atoms with Gasteiger partial charge in [-0.1, -0.05) is 79.7 Å². The van der Waals surface area contributed by atoms with Gasteiger partial charge in [0.25, 0.3) is 0 Å². The summed E-state index contributed by atoms with van der Waals surface area (Å²) in [6.07, 6.45) is 7.76. The van der Waals surface area contributed by atoms with Gasteiger partial charge < -0.3 is 0 Å². The van der Waals surface area contributed by atoms with Gasteiger partial charge in [0.05, 0.1) is 40.4 Å². The minimum atomic E-state index is -0.936. The minimum Gasteiger partial charge on any atom is -0.255 e. The number of nitrogens with zero attached hydrogens (tertiary/aromatic N) is 4. The molecule has 4 rings (SSSR count). The molecular formula is C32H44N4RuSi2. The van der Waals surface area contributed by atoms with Gasteiger partial charge in [-0.3, -0.25) is 19.9 Å². The smallest absolute Gasteiger partial charge is 0.0886 e. The fraction of sp³-hybridized carbons (Fsp3) is 0.375. The molecule has 0 unspecified atom stereocenters. The summed E-state index contributed by atoms with van der Waals surface area (Å²) in [7, 11) is -1.87. The molecule has 0 saturated carbocycles. The first-order valence-electron chi connectivity index (χ1n) is 13.9. The predicted molar refractivity (Wildman–Crippen MR) is 169 cm³/mol. The van der Waals surface area contributed by atoms with Crippen LogP contribution in [0.2, 0.25) is 22.2 Å². The van der Waals surface area contributed by atoms with E-state index >= 15 is 0 Å². The van der Waals surface area contributed by atoms with E-state index in [-0.39, 0.29) is 19.5 Å². The second kappa shape index (κ2) is 16.0. The van der Waals surface area contributed by atoms with Crippen molar-refractivity contribution >= 4 is 28.0 Å². The van der Waals surface area contributed by atoms with Crippen molar-refractivity contribution in [3.05, 3.63) is 85.5 Å². The average molecular weight is 642 g/mol. The van der Waals surface area contributed by atoms with Gasteiger partial charge in [-0.25, -0.2) is 0 Å². The topological polar surface area (TPSA) is 51.6 Å². The van der Waals surface area contributed by atoms with Crippen LogP contribution < -0.4 is 10.4 Å². The zero-order chi connectivity index (χ0) is 27.7. The Morgan fingerprint density at radius 2 is 0.769 bits per heavy atom. The van der Waals surface area contributed by atoms with Gasteiger partial charge >= 0.3 is 0 Å². The quantitative estimate of drug-likeness (QED) is 0.199. The number of hydrogen-bond acceptors (Lipinski definition) is 4. The summed E-state index contributed by atoms with van der Waals surface area (Å²) in [6.45, 7) is 18.7. The molecule has 0 atom stereocenters. The largest absolute Gasteiger partial charge is 0.255 e. The molecule has 208 valence electrons. The van der Waals surface area contributed by atoms with Crippen LogP contribution >= 0.6 is 0 Å². The van der Waals surface area contributed by atoms with Crippen LogP contribution in [0, 0.1) is 0 Å². The first-order valence-corrected chi connectivity index (χ1v) is 17.8. The van der Waals surface area contributed by atoms with E-state index in [2.05, 4.69) is 112 Å². The maximum atomic E-state index is 4.61. The van der Waals surface area contributed by atoms with Crippen molar-refractivity contribution in [3.63, 3.8) is 0 Å². The summed E-state index contributed by atoms with van der Waals surface area (Å²) in [5.41, 5.74) is 6.88. The Kier molecular flexibility index (Phi) is 13.5.